The number of H-pyrrole nitrogens is 1. The van der Waals surface area contributed by atoms with Crippen LogP contribution in [-0.2, 0) is 19.6 Å². The van der Waals surface area contributed by atoms with Crippen molar-refractivity contribution in [3.63, 3.8) is 0 Å². The number of rotatable bonds is 13. The lowest BCUT2D eigenvalue weighted by atomic mass is 9.80. The third-order valence-corrected chi connectivity index (χ3v) is 10.9. The van der Waals surface area contributed by atoms with Gasteiger partial charge in [0.15, 0.2) is 0 Å². The van der Waals surface area contributed by atoms with Gasteiger partial charge < -0.3 is 18.5 Å². The van der Waals surface area contributed by atoms with Crippen LogP contribution in [0.1, 0.15) is 29.3 Å². The summed E-state index contributed by atoms with van der Waals surface area (Å²) in [4.78, 5) is 27.2. The SMILES string of the molecule is O=c1ccn([C@H]2C[C@H](CP(=O)(Oc3ccccc3)Oc3ccccc3)[C@@H](COC(c3ccccc3)(c3ccccc3)c3ccccc3)O2)c(=O)[nH]1. The molecule has 1 aromatic heterocycles. The van der Waals surface area contributed by atoms with Gasteiger partial charge in [-0.25, -0.2) is 9.36 Å². The third kappa shape index (κ3) is 7.66. The Hall–Kier alpha value is -5.47. The molecule has 0 aliphatic carbocycles. The van der Waals surface area contributed by atoms with Crippen LogP contribution in [0.15, 0.2) is 174 Å². The molecule has 0 bridgehead atoms. The molecule has 0 spiro atoms. The molecule has 0 saturated carbocycles. The molecule has 5 aromatic carbocycles. The van der Waals surface area contributed by atoms with E-state index in [0.717, 1.165) is 16.7 Å². The van der Waals surface area contributed by atoms with Crippen LogP contribution < -0.4 is 20.3 Å². The fourth-order valence-corrected chi connectivity index (χ4v) is 8.65. The van der Waals surface area contributed by atoms with Gasteiger partial charge in [0.05, 0.1) is 18.9 Å². The highest BCUT2D eigenvalue weighted by Crippen LogP contribution is 2.53. The predicted octanol–water partition coefficient (Wildman–Crippen LogP) is 7.80. The standard InChI is InChI=1S/C41H37N2O7P/c44-38-26-27-43(40(45)42-38)39-28-31(30-51(46,49-35-22-12-4-13-23-35)50-36-24-14-5-15-25-36)37(48-39)29-47-41(32-16-6-1-7-17-32,33-18-8-2-9-19-33)34-20-10-3-11-21-34/h1-27,31,37,39H,28-30H2,(H,42,44,45)/t31-,37-,39-/m1/s1. The lowest BCUT2D eigenvalue weighted by molar-refractivity contribution is -0.0836. The van der Waals surface area contributed by atoms with Gasteiger partial charge >= 0.3 is 13.3 Å². The minimum absolute atomic E-state index is 0.0472. The van der Waals surface area contributed by atoms with E-state index in [2.05, 4.69) is 4.98 Å². The smallest absolute Gasteiger partial charge is 0.416 e. The summed E-state index contributed by atoms with van der Waals surface area (Å²) in [5, 5.41) is 0. The zero-order chi connectivity index (χ0) is 35.1. The fourth-order valence-electron chi connectivity index (χ4n) is 6.62. The Bertz CT molecular complexity index is 2040. The highest BCUT2D eigenvalue weighted by molar-refractivity contribution is 7.54. The number of aromatic nitrogens is 2. The molecular formula is C41H37N2O7P. The van der Waals surface area contributed by atoms with Crippen molar-refractivity contribution < 1.29 is 23.1 Å². The molecule has 1 aliphatic rings. The minimum Gasteiger partial charge on any atom is -0.416 e. The second-order valence-electron chi connectivity index (χ2n) is 12.3. The molecule has 3 atom stereocenters. The van der Waals surface area contributed by atoms with Gasteiger partial charge in [0.25, 0.3) is 5.56 Å². The van der Waals surface area contributed by atoms with Crippen LogP contribution in [0.5, 0.6) is 11.5 Å². The summed E-state index contributed by atoms with van der Waals surface area (Å²) in [6.07, 6.45) is 0.185. The van der Waals surface area contributed by atoms with Crippen molar-refractivity contribution in [3.05, 3.63) is 201 Å². The Balaban J connectivity index is 1.28. The van der Waals surface area contributed by atoms with Crippen molar-refractivity contribution in [2.24, 2.45) is 5.92 Å². The van der Waals surface area contributed by atoms with Crippen LogP contribution in [0.2, 0.25) is 0 Å². The van der Waals surface area contributed by atoms with Gasteiger partial charge in [0.1, 0.15) is 23.3 Å². The first-order chi connectivity index (χ1) is 24.9. The van der Waals surface area contributed by atoms with Crippen LogP contribution in [0.3, 0.4) is 0 Å². The number of para-hydroxylation sites is 2. The predicted molar refractivity (Wildman–Crippen MR) is 195 cm³/mol. The summed E-state index contributed by atoms with van der Waals surface area (Å²) in [7, 11) is -3.91. The van der Waals surface area contributed by atoms with Crippen LogP contribution in [0.25, 0.3) is 0 Å². The number of hydrogen-bond acceptors (Lipinski definition) is 7. The van der Waals surface area contributed by atoms with E-state index in [1.54, 1.807) is 48.5 Å². The van der Waals surface area contributed by atoms with Gasteiger partial charge in [-0.05, 0) is 47.4 Å². The van der Waals surface area contributed by atoms with E-state index >= 15 is 0 Å². The molecule has 9 nitrogen and oxygen atoms in total. The fraction of sp³-hybridized carbons (Fsp3) is 0.171. The number of aromatic amines is 1. The maximum absolute atomic E-state index is 14.8. The molecule has 1 aliphatic heterocycles. The summed E-state index contributed by atoms with van der Waals surface area (Å²) >= 11 is 0. The molecule has 0 unspecified atom stereocenters. The van der Waals surface area contributed by atoms with Gasteiger partial charge in [-0.1, -0.05) is 127 Å². The monoisotopic (exact) mass is 700 g/mol. The molecule has 6 aromatic rings. The van der Waals surface area contributed by atoms with Crippen molar-refractivity contribution in [2.45, 2.75) is 24.4 Å². The zero-order valence-electron chi connectivity index (χ0n) is 27.7. The third-order valence-electron chi connectivity index (χ3n) is 8.96. The lowest BCUT2D eigenvalue weighted by Crippen LogP contribution is -2.37. The van der Waals surface area contributed by atoms with Crippen LogP contribution >= 0.6 is 7.60 Å². The van der Waals surface area contributed by atoms with Crippen molar-refractivity contribution >= 4 is 7.60 Å². The molecule has 10 heteroatoms. The summed E-state index contributed by atoms with van der Waals surface area (Å²) in [6.45, 7) is 0.0502. The molecule has 1 N–H and O–H groups in total. The second kappa shape index (κ2) is 15.2. The topological polar surface area (TPSA) is 109 Å². The molecule has 0 radical (unpaired) electrons. The maximum Gasteiger partial charge on any atom is 0.431 e. The Kier molecular flexibility index (Phi) is 10.1. The average molecular weight is 701 g/mol. The number of nitrogens with one attached hydrogen (secondary N) is 1. The van der Waals surface area contributed by atoms with Crippen LogP contribution in [0, 0.1) is 5.92 Å². The lowest BCUT2D eigenvalue weighted by Gasteiger charge is -2.37. The summed E-state index contributed by atoms with van der Waals surface area (Å²) in [5.74, 6) is 0.327. The van der Waals surface area contributed by atoms with E-state index in [-0.39, 0.29) is 19.2 Å². The van der Waals surface area contributed by atoms with E-state index < -0.39 is 42.7 Å². The highest BCUT2D eigenvalue weighted by Gasteiger charge is 2.46. The molecule has 2 heterocycles. The molecule has 1 saturated heterocycles. The highest BCUT2D eigenvalue weighted by atomic mass is 31.2. The van der Waals surface area contributed by atoms with Gasteiger partial charge in [-0.15, -0.1) is 0 Å². The number of ether oxygens (including phenoxy) is 2. The Labute approximate surface area is 295 Å². The van der Waals surface area contributed by atoms with E-state index in [9.17, 15) is 14.2 Å². The quantitative estimate of drug-likeness (QED) is 0.0968. The normalized spacial score (nSPS) is 17.5. The number of nitrogens with zero attached hydrogens (tertiary/aromatic N) is 1. The van der Waals surface area contributed by atoms with Crippen molar-refractivity contribution in [1.29, 1.82) is 0 Å². The van der Waals surface area contributed by atoms with Crippen molar-refractivity contribution in [2.75, 3.05) is 12.8 Å². The molecule has 7 rings (SSSR count). The number of hydrogen-bond donors (Lipinski definition) is 1. The van der Waals surface area contributed by atoms with Gasteiger partial charge in [-0.3, -0.25) is 14.3 Å². The largest absolute Gasteiger partial charge is 0.431 e. The summed E-state index contributed by atoms with van der Waals surface area (Å²) in [6, 6.07) is 49.0. The van der Waals surface area contributed by atoms with E-state index in [0.29, 0.717) is 11.5 Å². The maximum atomic E-state index is 14.8. The molecule has 258 valence electrons. The average Bonchev–Trinajstić information content (AvgIpc) is 3.55. The van der Waals surface area contributed by atoms with Gasteiger partial charge in [-0.2, -0.15) is 0 Å². The van der Waals surface area contributed by atoms with Gasteiger partial charge in [0, 0.05) is 18.2 Å². The number of benzene rings is 5. The first-order valence-electron chi connectivity index (χ1n) is 16.8. The van der Waals surface area contributed by atoms with Crippen LogP contribution in [-0.4, -0.2) is 28.4 Å². The first-order valence-corrected chi connectivity index (χ1v) is 18.5. The van der Waals surface area contributed by atoms with E-state index in [1.165, 1.54) is 16.8 Å². The molecule has 1 fully saturated rings. The Morgan fingerprint density at radius 1 is 0.667 bits per heavy atom. The van der Waals surface area contributed by atoms with E-state index in [4.69, 9.17) is 18.5 Å². The molecular weight excluding hydrogens is 663 g/mol. The summed E-state index contributed by atoms with van der Waals surface area (Å²) in [5.41, 5.74) is 0.572. The molecule has 51 heavy (non-hydrogen) atoms. The Morgan fingerprint density at radius 3 is 1.57 bits per heavy atom. The van der Waals surface area contributed by atoms with Crippen molar-refractivity contribution in [1.82, 2.24) is 9.55 Å². The summed E-state index contributed by atoms with van der Waals surface area (Å²) < 4.78 is 42.3. The first kappa shape index (κ1) is 34.0. The van der Waals surface area contributed by atoms with Crippen LogP contribution in [0.4, 0.5) is 0 Å². The van der Waals surface area contributed by atoms with Gasteiger partial charge in [0.2, 0.25) is 0 Å². The molecule has 0 amide bonds. The zero-order valence-corrected chi connectivity index (χ0v) is 28.6. The minimum atomic E-state index is -3.91. The Morgan fingerprint density at radius 2 is 1.12 bits per heavy atom. The second-order valence-corrected chi connectivity index (χ2v) is 14.3. The van der Waals surface area contributed by atoms with Crippen molar-refractivity contribution in [3.8, 4) is 11.5 Å². The van der Waals surface area contributed by atoms with E-state index in [1.807, 2.05) is 103 Å².